The summed E-state index contributed by atoms with van der Waals surface area (Å²) in [6.45, 7) is 4.90. The van der Waals surface area contributed by atoms with Crippen molar-refractivity contribution in [3.8, 4) is 0 Å². The van der Waals surface area contributed by atoms with Crippen molar-refractivity contribution in [3.63, 3.8) is 0 Å². The van der Waals surface area contributed by atoms with Crippen LogP contribution in [0.15, 0.2) is 17.0 Å². The molecule has 0 radical (unpaired) electrons. The van der Waals surface area contributed by atoms with E-state index in [2.05, 4.69) is 5.32 Å². The van der Waals surface area contributed by atoms with Gasteiger partial charge < -0.3 is 11.1 Å². The molecule has 0 bridgehead atoms. The van der Waals surface area contributed by atoms with E-state index in [0.29, 0.717) is 12.1 Å². The number of carbonyl (C=O) groups is 1. The fourth-order valence-corrected chi connectivity index (χ4v) is 2.30. The standard InChI is InChI=1S/C11H15F2N3O3S/c1-11(2,3)15-10(17)16-20(18,19)7-5-4-6(12)9(14)8(7)13/h4-5H,14H2,1-3H3,(H2,15,16,17). The molecule has 0 saturated carbocycles. The number of benzene rings is 1. The topological polar surface area (TPSA) is 101 Å². The van der Waals surface area contributed by atoms with Crippen LogP contribution in [-0.4, -0.2) is 20.0 Å². The predicted molar refractivity (Wildman–Crippen MR) is 69.4 cm³/mol. The molecule has 1 rings (SSSR count). The van der Waals surface area contributed by atoms with Crippen molar-refractivity contribution in [1.82, 2.24) is 10.0 Å². The molecular weight excluding hydrogens is 292 g/mol. The van der Waals surface area contributed by atoms with Crippen LogP contribution >= 0.6 is 0 Å². The molecule has 1 aromatic carbocycles. The molecule has 0 saturated heterocycles. The summed E-state index contributed by atoms with van der Waals surface area (Å²) in [5.74, 6) is -2.53. The number of nitrogens with two attached hydrogens (primary N) is 1. The largest absolute Gasteiger partial charge is 0.394 e. The Balaban J connectivity index is 3.07. The Hall–Kier alpha value is -1.90. The van der Waals surface area contributed by atoms with Crippen LogP contribution in [0.4, 0.5) is 19.3 Å². The molecule has 0 aromatic heterocycles. The van der Waals surface area contributed by atoms with Gasteiger partial charge in [-0.25, -0.2) is 26.7 Å². The smallest absolute Gasteiger partial charge is 0.329 e. The third-order valence-electron chi connectivity index (χ3n) is 2.10. The van der Waals surface area contributed by atoms with E-state index in [1.807, 2.05) is 0 Å². The fraction of sp³-hybridized carbons (Fsp3) is 0.364. The van der Waals surface area contributed by atoms with Gasteiger partial charge in [0.05, 0.1) is 0 Å². The molecule has 4 N–H and O–H groups in total. The van der Waals surface area contributed by atoms with Crippen LogP contribution in [0.2, 0.25) is 0 Å². The van der Waals surface area contributed by atoms with Crippen molar-refractivity contribution in [3.05, 3.63) is 23.8 Å². The lowest BCUT2D eigenvalue weighted by Crippen LogP contribution is -2.48. The maximum Gasteiger partial charge on any atom is 0.329 e. The summed E-state index contributed by atoms with van der Waals surface area (Å²) < 4.78 is 51.9. The van der Waals surface area contributed by atoms with E-state index in [1.165, 1.54) is 0 Å². The summed E-state index contributed by atoms with van der Waals surface area (Å²) in [5.41, 5.74) is 3.46. The molecule has 0 fully saturated rings. The quantitative estimate of drug-likeness (QED) is 0.717. The molecule has 0 heterocycles. The average Bonchev–Trinajstić information content (AvgIpc) is 2.21. The van der Waals surface area contributed by atoms with E-state index < -0.39 is 43.8 Å². The highest BCUT2D eigenvalue weighted by atomic mass is 32.2. The van der Waals surface area contributed by atoms with Crippen LogP contribution in [0.1, 0.15) is 20.8 Å². The number of hydrogen-bond acceptors (Lipinski definition) is 4. The molecule has 6 nitrogen and oxygen atoms in total. The minimum atomic E-state index is -4.49. The number of hydrogen-bond donors (Lipinski definition) is 3. The van der Waals surface area contributed by atoms with Gasteiger partial charge in [0.1, 0.15) is 16.4 Å². The molecule has 2 amide bonds. The van der Waals surface area contributed by atoms with Crippen LogP contribution < -0.4 is 15.8 Å². The molecule has 0 aliphatic heterocycles. The molecular formula is C11H15F2N3O3S. The number of urea groups is 1. The summed E-state index contributed by atoms with van der Waals surface area (Å²) in [5, 5.41) is 2.33. The molecule has 0 atom stereocenters. The summed E-state index contributed by atoms with van der Waals surface area (Å²) in [6, 6.07) is 0.363. The SMILES string of the molecule is CC(C)(C)NC(=O)NS(=O)(=O)c1ccc(F)c(N)c1F. The molecule has 0 unspecified atom stereocenters. The van der Waals surface area contributed by atoms with Crippen LogP contribution in [0.5, 0.6) is 0 Å². The van der Waals surface area contributed by atoms with E-state index in [9.17, 15) is 22.0 Å². The Morgan fingerprint density at radius 3 is 2.30 bits per heavy atom. The minimum Gasteiger partial charge on any atom is -0.394 e. The predicted octanol–water partition coefficient (Wildman–Crippen LogP) is 1.33. The highest BCUT2D eigenvalue weighted by molar-refractivity contribution is 7.90. The van der Waals surface area contributed by atoms with Gasteiger partial charge >= 0.3 is 6.03 Å². The molecule has 20 heavy (non-hydrogen) atoms. The Kier molecular flexibility index (Phi) is 4.23. The fourth-order valence-electron chi connectivity index (χ4n) is 1.30. The molecule has 112 valence electrons. The zero-order valence-corrected chi connectivity index (χ0v) is 11.9. The first-order chi connectivity index (χ1) is 8.94. The summed E-state index contributed by atoms with van der Waals surface area (Å²) >= 11 is 0. The first-order valence-corrected chi connectivity index (χ1v) is 7.01. The second-order valence-electron chi connectivity index (χ2n) is 5.08. The first kappa shape index (κ1) is 16.2. The first-order valence-electron chi connectivity index (χ1n) is 5.52. The van der Waals surface area contributed by atoms with E-state index in [1.54, 1.807) is 25.5 Å². The van der Waals surface area contributed by atoms with Gasteiger partial charge in [-0.05, 0) is 32.9 Å². The van der Waals surface area contributed by atoms with Crippen LogP contribution in [0.25, 0.3) is 0 Å². The lowest BCUT2D eigenvalue weighted by Gasteiger charge is -2.20. The van der Waals surface area contributed by atoms with Crippen molar-refractivity contribution in [2.24, 2.45) is 0 Å². The van der Waals surface area contributed by atoms with Gasteiger partial charge in [0.2, 0.25) is 0 Å². The van der Waals surface area contributed by atoms with Gasteiger partial charge in [-0.15, -0.1) is 0 Å². The number of carbonyl (C=O) groups excluding carboxylic acids is 1. The third-order valence-corrected chi connectivity index (χ3v) is 3.44. The normalized spacial score (nSPS) is 12.1. The maximum atomic E-state index is 13.6. The Bertz CT molecular complexity index is 639. The second-order valence-corrected chi connectivity index (χ2v) is 6.73. The molecule has 1 aromatic rings. The van der Waals surface area contributed by atoms with Gasteiger partial charge in [-0.3, -0.25) is 0 Å². The van der Waals surface area contributed by atoms with Gasteiger partial charge in [0.25, 0.3) is 10.0 Å². The molecule has 0 aliphatic carbocycles. The number of halogens is 2. The highest BCUT2D eigenvalue weighted by Gasteiger charge is 2.25. The lowest BCUT2D eigenvalue weighted by atomic mass is 10.1. The zero-order valence-electron chi connectivity index (χ0n) is 11.1. The zero-order chi connectivity index (χ0) is 15.7. The number of nitrogen functional groups attached to an aromatic ring is 1. The average molecular weight is 307 g/mol. The monoisotopic (exact) mass is 307 g/mol. The molecule has 9 heteroatoms. The highest BCUT2D eigenvalue weighted by Crippen LogP contribution is 2.22. The van der Waals surface area contributed by atoms with E-state index >= 15 is 0 Å². The lowest BCUT2D eigenvalue weighted by molar-refractivity contribution is 0.237. The van der Waals surface area contributed by atoms with Crippen LogP contribution in [0, 0.1) is 11.6 Å². The third kappa shape index (κ3) is 3.80. The Morgan fingerprint density at radius 2 is 1.80 bits per heavy atom. The van der Waals surface area contributed by atoms with E-state index in [-0.39, 0.29) is 0 Å². The van der Waals surface area contributed by atoms with Crippen LogP contribution in [0.3, 0.4) is 0 Å². The number of rotatable bonds is 2. The molecule has 0 aliphatic rings. The van der Waals surface area contributed by atoms with E-state index in [4.69, 9.17) is 5.73 Å². The van der Waals surface area contributed by atoms with Crippen molar-refractivity contribution >= 4 is 21.7 Å². The number of anilines is 1. The Labute approximate surface area is 115 Å². The number of sulfonamides is 1. The maximum absolute atomic E-state index is 13.6. The molecule has 0 spiro atoms. The second kappa shape index (κ2) is 5.23. The van der Waals surface area contributed by atoms with Crippen molar-refractivity contribution in [2.75, 3.05) is 5.73 Å². The Morgan fingerprint density at radius 1 is 1.25 bits per heavy atom. The van der Waals surface area contributed by atoms with Crippen LogP contribution in [-0.2, 0) is 10.0 Å². The van der Waals surface area contributed by atoms with Crippen molar-refractivity contribution in [2.45, 2.75) is 31.2 Å². The van der Waals surface area contributed by atoms with E-state index in [0.717, 1.165) is 0 Å². The number of amides is 2. The summed E-state index contributed by atoms with van der Waals surface area (Å²) in [4.78, 5) is 10.6. The van der Waals surface area contributed by atoms with Gasteiger partial charge in [0, 0.05) is 5.54 Å². The van der Waals surface area contributed by atoms with Gasteiger partial charge in [-0.2, -0.15) is 0 Å². The summed E-state index contributed by atoms with van der Waals surface area (Å²) in [7, 11) is -4.49. The van der Waals surface area contributed by atoms with Crippen molar-refractivity contribution < 1.29 is 22.0 Å². The minimum absolute atomic E-state index is 0.681. The van der Waals surface area contributed by atoms with Crippen molar-refractivity contribution in [1.29, 1.82) is 0 Å². The number of nitrogens with one attached hydrogen (secondary N) is 2. The van der Waals surface area contributed by atoms with Gasteiger partial charge in [-0.1, -0.05) is 0 Å². The van der Waals surface area contributed by atoms with Gasteiger partial charge in [0.15, 0.2) is 5.82 Å². The summed E-state index contributed by atoms with van der Waals surface area (Å²) in [6.07, 6.45) is 0.